The Hall–Kier alpha value is -1.60. The van der Waals surface area contributed by atoms with Crippen LogP contribution in [0.25, 0.3) is 0 Å². The fourth-order valence-electron chi connectivity index (χ4n) is 4.91. The van der Waals surface area contributed by atoms with Crippen LogP contribution >= 0.6 is 35.6 Å². The predicted octanol–water partition coefficient (Wildman–Crippen LogP) is 7.09. The van der Waals surface area contributed by atoms with Crippen LogP contribution in [0.1, 0.15) is 42.2 Å². The fraction of sp³-hybridized carbons (Fsp3) is 0.357. The Kier molecular flexibility index (Phi) is 10.7. The average molecular weight is 568 g/mol. The maximum atomic E-state index is 13.2. The smallest absolute Gasteiger partial charge is 0.242 e. The number of hydrogen-bond donors (Lipinski definition) is 0. The summed E-state index contributed by atoms with van der Waals surface area (Å²) in [4.78, 5) is 2.79. The molecule has 3 aromatic carbocycles. The van der Waals surface area contributed by atoms with Gasteiger partial charge in [-0.2, -0.15) is 0 Å². The lowest BCUT2D eigenvalue weighted by Crippen LogP contribution is -2.36. The molecule has 8 heteroatoms. The van der Waals surface area contributed by atoms with Gasteiger partial charge in [-0.25, -0.2) is 12.7 Å². The Morgan fingerprint density at radius 3 is 2.06 bits per heavy atom. The van der Waals surface area contributed by atoms with Crippen molar-refractivity contribution >= 4 is 45.6 Å². The molecule has 0 aliphatic carbocycles. The van der Waals surface area contributed by atoms with Crippen LogP contribution in [0.4, 0.5) is 0 Å². The molecular weight excluding hydrogens is 535 g/mol. The van der Waals surface area contributed by atoms with E-state index in [-0.39, 0.29) is 18.3 Å². The van der Waals surface area contributed by atoms with Gasteiger partial charge in [0.05, 0.1) is 4.90 Å². The van der Waals surface area contributed by atoms with E-state index in [1.165, 1.54) is 9.87 Å². The third-order valence-corrected chi connectivity index (χ3v) is 9.21. The number of benzene rings is 3. The second-order valence-electron chi connectivity index (χ2n) is 9.31. The summed E-state index contributed by atoms with van der Waals surface area (Å²) in [6.07, 6.45) is 3.10. The molecule has 0 N–H and O–H groups in total. The van der Waals surface area contributed by atoms with Gasteiger partial charge in [0.2, 0.25) is 10.0 Å². The highest BCUT2D eigenvalue weighted by Crippen LogP contribution is 2.31. The van der Waals surface area contributed by atoms with E-state index in [9.17, 15) is 8.42 Å². The van der Waals surface area contributed by atoms with Gasteiger partial charge in [0, 0.05) is 23.6 Å². The van der Waals surface area contributed by atoms with Crippen LogP contribution in [0, 0.1) is 0 Å². The first-order valence-corrected chi connectivity index (χ1v) is 14.3. The molecule has 1 aliphatic heterocycles. The van der Waals surface area contributed by atoms with Gasteiger partial charge < -0.3 is 4.90 Å². The molecule has 1 unspecified atom stereocenters. The SMILES string of the molecule is CN(CC(CCN1CCC(c2ccccc2)CC1)c1cc(Cl)cc(Cl)c1)S(=O)(=O)c1ccccc1.Cl. The number of hydrogen-bond acceptors (Lipinski definition) is 3. The molecule has 0 bridgehead atoms. The summed E-state index contributed by atoms with van der Waals surface area (Å²) in [5.74, 6) is 0.582. The molecule has 4 nitrogen and oxygen atoms in total. The zero-order valence-electron chi connectivity index (χ0n) is 20.4. The van der Waals surface area contributed by atoms with Crippen LogP contribution in [-0.2, 0) is 10.0 Å². The first kappa shape index (κ1) is 29.0. The van der Waals surface area contributed by atoms with Crippen molar-refractivity contribution in [1.82, 2.24) is 9.21 Å². The van der Waals surface area contributed by atoms with E-state index in [2.05, 4.69) is 35.2 Å². The first-order chi connectivity index (χ1) is 16.8. The number of sulfonamides is 1. The Labute approximate surface area is 231 Å². The van der Waals surface area contributed by atoms with Crippen molar-refractivity contribution < 1.29 is 8.42 Å². The molecule has 1 heterocycles. The molecule has 194 valence electrons. The van der Waals surface area contributed by atoms with Crippen molar-refractivity contribution in [3.63, 3.8) is 0 Å². The number of piperidine rings is 1. The highest BCUT2D eigenvalue weighted by atomic mass is 35.5. The second-order valence-corrected chi connectivity index (χ2v) is 12.2. The van der Waals surface area contributed by atoms with Gasteiger partial charge in [-0.3, -0.25) is 0 Å². The van der Waals surface area contributed by atoms with Crippen molar-refractivity contribution in [3.05, 3.63) is 100 Å². The number of nitrogens with zero attached hydrogens (tertiary/aromatic N) is 2. The molecule has 0 radical (unpaired) electrons. The maximum Gasteiger partial charge on any atom is 0.242 e. The molecule has 3 aromatic rings. The van der Waals surface area contributed by atoms with Gasteiger partial charge in [-0.1, -0.05) is 71.7 Å². The summed E-state index contributed by atoms with van der Waals surface area (Å²) < 4.78 is 27.8. The molecule has 0 amide bonds. The third kappa shape index (κ3) is 7.47. The van der Waals surface area contributed by atoms with E-state index >= 15 is 0 Å². The summed E-state index contributed by atoms with van der Waals surface area (Å²) in [7, 11) is -1.94. The van der Waals surface area contributed by atoms with Crippen LogP contribution in [-0.4, -0.2) is 50.8 Å². The minimum Gasteiger partial charge on any atom is -0.303 e. The summed E-state index contributed by atoms with van der Waals surface area (Å²) >= 11 is 12.6. The van der Waals surface area contributed by atoms with Gasteiger partial charge in [0.15, 0.2) is 0 Å². The number of likely N-dealkylation sites (N-methyl/N-ethyl adjacent to an activating group) is 1. The lowest BCUT2D eigenvalue weighted by Gasteiger charge is -2.33. The normalized spacial score (nSPS) is 16.0. The maximum absolute atomic E-state index is 13.2. The quantitative estimate of drug-likeness (QED) is 0.277. The number of halogens is 3. The van der Waals surface area contributed by atoms with Crippen LogP contribution < -0.4 is 0 Å². The van der Waals surface area contributed by atoms with E-state index in [0.717, 1.165) is 44.5 Å². The Balaban J connectivity index is 0.00000361. The van der Waals surface area contributed by atoms with Gasteiger partial charge in [-0.15, -0.1) is 12.4 Å². The first-order valence-electron chi connectivity index (χ1n) is 12.1. The summed E-state index contributed by atoms with van der Waals surface area (Å²) in [5, 5.41) is 1.13. The van der Waals surface area contributed by atoms with Crippen LogP contribution in [0.2, 0.25) is 10.0 Å². The number of rotatable bonds is 9. The van der Waals surface area contributed by atoms with E-state index in [1.54, 1.807) is 37.4 Å². The lowest BCUT2D eigenvalue weighted by atomic mass is 9.89. The zero-order chi connectivity index (χ0) is 24.8. The summed E-state index contributed by atoms with van der Waals surface area (Å²) in [5.41, 5.74) is 2.39. The fourth-order valence-corrected chi connectivity index (χ4v) is 6.69. The Bertz CT molecular complexity index is 1180. The van der Waals surface area contributed by atoms with E-state index < -0.39 is 10.0 Å². The molecule has 1 atom stereocenters. The Morgan fingerprint density at radius 2 is 1.47 bits per heavy atom. The highest BCUT2D eigenvalue weighted by Gasteiger charge is 2.26. The molecule has 1 fully saturated rings. The average Bonchev–Trinajstić information content (AvgIpc) is 2.87. The lowest BCUT2D eigenvalue weighted by molar-refractivity contribution is 0.203. The molecule has 0 spiro atoms. The van der Waals surface area contributed by atoms with Crippen molar-refractivity contribution in [3.8, 4) is 0 Å². The van der Waals surface area contributed by atoms with E-state index in [0.29, 0.717) is 27.4 Å². The molecule has 0 aromatic heterocycles. The van der Waals surface area contributed by atoms with Crippen molar-refractivity contribution in [2.45, 2.75) is 36.0 Å². The Morgan fingerprint density at radius 1 is 0.917 bits per heavy atom. The van der Waals surface area contributed by atoms with Crippen molar-refractivity contribution in [1.29, 1.82) is 0 Å². The molecular formula is C28H33Cl3N2O2S. The van der Waals surface area contributed by atoms with Crippen LogP contribution in [0.15, 0.2) is 83.8 Å². The van der Waals surface area contributed by atoms with E-state index in [4.69, 9.17) is 23.2 Å². The summed E-state index contributed by atoms with van der Waals surface area (Å²) in [6, 6.07) is 24.8. The van der Waals surface area contributed by atoms with Crippen molar-refractivity contribution in [2.24, 2.45) is 0 Å². The van der Waals surface area contributed by atoms with Gasteiger partial charge in [-0.05, 0) is 92.2 Å². The molecule has 4 rings (SSSR count). The minimum absolute atomic E-state index is 0. The van der Waals surface area contributed by atoms with E-state index in [1.807, 2.05) is 18.2 Å². The van der Waals surface area contributed by atoms with Crippen LogP contribution in [0.5, 0.6) is 0 Å². The van der Waals surface area contributed by atoms with Gasteiger partial charge in [0.1, 0.15) is 0 Å². The minimum atomic E-state index is -3.59. The predicted molar refractivity (Wildman–Crippen MR) is 152 cm³/mol. The molecule has 1 saturated heterocycles. The monoisotopic (exact) mass is 566 g/mol. The summed E-state index contributed by atoms with van der Waals surface area (Å²) in [6.45, 7) is 3.34. The van der Waals surface area contributed by atoms with Gasteiger partial charge >= 0.3 is 0 Å². The molecule has 1 aliphatic rings. The highest BCUT2D eigenvalue weighted by molar-refractivity contribution is 7.89. The zero-order valence-corrected chi connectivity index (χ0v) is 23.5. The standard InChI is InChI=1S/C28H32Cl2N2O2S.ClH/c1-31(35(33,34)28-10-6-3-7-11-28)21-24(25-18-26(29)20-27(30)19-25)14-17-32-15-12-23(13-16-32)22-8-4-2-5-9-22;/h2-11,18-20,23-24H,12-17,21H2,1H3;1H. The number of likely N-dealkylation sites (tertiary alicyclic amines) is 1. The largest absolute Gasteiger partial charge is 0.303 e. The second kappa shape index (κ2) is 13.3. The third-order valence-electron chi connectivity index (χ3n) is 6.94. The topological polar surface area (TPSA) is 40.6 Å². The molecule has 36 heavy (non-hydrogen) atoms. The van der Waals surface area contributed by atoms with Crippen LogP contribution in [0.3, 0.4) is 0 Å². The van der Waals surface area contributed by atoms with Gasteiger partial charge in [0.25, 0.3) is 0 Å². The van der Waals surface area contributed by atoms with Crippen molar-refractivity contribution in [2.75, 3.05) is 33.2 Å². The molecule has 0 saturated carbocycles.